The number of carbonyl (C=O) groups is 2. The number of rotatable bonds is 13. The van der Waals surface area contributed by atoms with Crippen molar-refractivity contribution in [2.45, 2.75) is 52.2 Å². The molecule has 0 fully saturated rings. The van der Waals surface area contributed by atoms with E-state index in [2.05, 4.69) is 5.32 Å². The van der Waals surface area contributed by atoms with Crippen molar-refractivity contribution in [3.63, 3.8) is 0 Å². The number of aryl methyl sites for hydroxylation is 1. The smallest absolute Gasteiger partial charge is 0.244 e. The molecule has 41 heavy (non-hydrogen) atoms. The lowest BCUT2D eigenvalue weighted by Crippen LogP contribution is -2.54. The number of hydrogen-bond donors (Lipinski definition) is 1. The fourth-order valence-corrected chi connectivity index (χ4v) is 5.24. The van der Waals surface area contributed by atoms with Crippen molar-refractivity contribution in [2.24, 2.45) is 0 Å². The van der Waals surface area contributed by atoms with Crippen molar-refractivity contribution in [2.75, 3.05) is 24.2 Å². The van der Waals surface area contributed by atoms with Crippen LogP contribution in [-0.4, -0.2) is 57.1 Å². The highest BCUT2D eigenvalue weighted by Crippen LogP contribution is 2.31. The average Bonchev–Trinajstić information content (AvgIpc) is 2.94. The van der Waals surface area contributed by atoms with Crippen molar-refractivity contribution in [3.8, 4) is 5.75 Å². The van der Waals surface area contributed by atoms with Crippen LogP contribution < -0.4 is 14.4 Å². The Hall–Kier alpha value is -3.92. The van der Waals surface area contributed by atoms with Crippen LogP contribution in [0.25, 0.3) is 0 Å². The molecule has 3 rings (SSSR count). The van der Waals surface area contributed by atoms with Crippen molar-refractivity contribution in [1.82, 2.24) is 10.2 Å². The third kappa shape index (κ3) is 8.53. The molecule has 1 N–H and O–H groups in total. The first-order chi connectivity index (χ1) is 19.4. The maximum Gasteiger partial charge on any atom is 0.244 e. The van der Waals surface area contributed by atoms with Gasteiger partial charge in [0.25, 0.3) is 0 Å². The number of anilines is 1. The number of nitrogens with one attached hydrogen (secondary N) is 1. The Balaban J connectivity index is 2.11. The van der Waals surface area contributed by atoms with Crippen molar-refractivity contribution < 1.29 is 27.1 Å². The SMILES string of the molecule is CCC(C)NC(=O)C(Cc1ccccc1)N(Cc1ccccc1F)C(=O)CN(c1cc(C)ccc1OC)S(C)(=O)=O. The molecular weight excluding hydrogens is 545 g/mol. The standard InChI is InChI=1S/C31H38FN3O5S/c1-6-23(3)33-31(37)28(19-24-12-8-7-9-13-24)34(20-25-14-10-11-15-26(25)32)30(36)21-35(41(5,38)39)27-18-22(2)16-17-29(27)40-4/h7-18,23,28H,6,19-21H2,1-5H3,(H,33,37). The fourth-order valence-electron chi connectivity index (χ4n) is 4.39. The van der Waals surface area contributed by atoms with Gasteiger partial charge in [0.2, 0.25) is 21.8 Å². The van der Waals surface area contributed by atoms with Gasteiger partial charge in [0.05, 0.1) is 19.1 Å². The monoisotopic (exact) mass is 583 g/mol. The number of methoxy groups -OCH3 is 1. The molecule has 220 valence electrons. The van der Waals surface area contributed by atoms with Crippen LogP contribution in [0.2, 0.25) is 0 Å². The second-order valence-electron chi connectivity index (χ2n) is 10.1. The summed E-state index contributed by atoms with van der Waals surface area (Å²) in [4.78, 5) is 29.1. The van der Waals surface area contributed by atoms with Gasteiger partial charge in [-0.25, -0.2) is 12.8 Å². The number of halogens is 1. The van der Waals surface area contributed by atoms with Crippen molar-refractivity contribution >= 4 is 27.5 Å². The molecule has 10 heteroatoms. The summed E-state index contributed by atoms with van der Waals surface area (Å²) in [5.41, 5.74) is 1.95. The van der Waals surface area contributed by atoms with Crippen molar-refractivity contribution in [3.05, 3.63) is 95.3 Å². The molecule has 2 unspecified atom stereocenters. The predicted molar refractivity (Wildman–Crippen MR) is 159 cm³/mol. The number of carbonyl (C=O) groups excluding carboxylic acids is 2. The summed E-state index contributed by atoms with van der Waals surface area (Å²) in [7, 11) is -2.56. The maximum atomic E-state index is 14.9. The normalized spacial score (nSPS) is 12.7. The van der Waals surface area contributed by atoms with Gasteiger partial charge >= 0.3 is 0 Å². The third-order valence-corrected chi connectivity index (χ3v) is 7.98. The van der Waals surface area contributed by atoms with Crippen LogP contribution in [0.15, 0.2) is 72.8 Å². The average molecular weight is 584 g/mol. The molecule has 0 radical (unpaired) electrons. The van der Waals surface area contributed by atoms with E-state index in [1.165, 1.54) is 24.1 Å². The molecule has 0 saturated carbocycles. The minimum atomic E-state index is -3.97. The van der Waals surface area contributed by atoms with E-state index in [-0.39, 0.29) is 36.0 Å². The van der Waals surface area contributed by atoms with Crippen LogP contribution in [-0.2, 0) is 32.6 Å². The van der Waals surface area contributed by atoms with Crippen molar-refractivity contribution in [1.29, 1.82) is 0 Å². The number of sulfonamides is 1. The third-order valence-electron chi connectivity index (χ3n) is 6.85. The lowest BCUT2D eigenvalue weighted by Gasteiger charge is -2.34. The summed E-state index contributed by atoms with van der Waals surface area (Å²) >= 11 is 0. The van der Waals surface area contributed by atoms with Crippen LogP contribution >= 0.6 is 0 Å². The minimum absolute atomic E-state index is 0.149. The molecule has 0 heterocycles. The van der Waals surface area contributed by atoms with Gasteiger partial charge in [-0.05, 0) is 49.6 Å². The largest absolute Gasteiger partial charge is 0.495 e. The van der Waals surface area contributed by atoms with Gasteiger partial charge in [0.15, 0.2) is 0 Å². The number of amides is 2. The second-order valence-corrected chi connectivity index (χ2v) is 12.0. The molecule has 0 aliphatic rings. The van der Waals surface area contributed by atoms with E-state index < -0.39 is 40.2 Å². The molecule has 2 amide bonds. The summed E-state index contributed by atoms with van der Waals surface area (Å²) in [6, 6.07) is 19.0. The zero-order valence-corrected chi connectivity index (χ0v) is 24.9. The van der Waals surface area contributed by atoms with Gasteiger partial charge in [-0.15, -0.1) is 0 Å². The molecule has 0 aliphatic carbocycles. The molecule has 0 bridgehead atoms. The van der Waals surface area contributed by atoms with E-state index in [4.69, 9.17) is 4.74 Å². The summed E-state index contributed by atoms with van der Waals surface area (Å²) in [6.45, 7) is 4.73. The zero-order chi connectivity index (χ0) is 30.2. The maximum absolute atomic E-state index is 14.9. The number of hydrogen-bond acceptors (Lipinski definition) is 5. The Morgan fingerprint density at radius 3 is 2.29 bits per heavy atom. The van der Waals surface area contributed by atoms with E-state index in [1.807, 2.05) is 44.2 Å². The number of nitrogens with zero attached hydrogens (tertiary/aromatic N) is 2. The van der Waals surface area contributed by atoms with Gasteiger partial charge in [0, 0.05) is 24.6 Å². The van der Waals surface area contributed by atoms with Gasteiger partial charge in [-0.2, -0.15) is 0 Å². The van der Waals surface area contributed by atoms with E-state index in [0.717, 1.165) is 21.7 Å². The Bertz CT molecular complexity index is 1450. The first-order valence-electron chi connectivity index (χ1n) is 13.4. The minimum Gasteiger partial charge on any atom is -0.495 e. The fraction of sp³-hybridized carbons (Fsp3) is 0.355. The lowest BCUT2D eigenvalue weighted by atomic mass is 10.0. The van der Waals surface area contributed by atoms with Crippen LogP contribution in [0.5, 0.6) is 5.75 Å². The highest BCUT2D eigenvalue weighted by atomic mass is 32.2. The molecule has 0 aromatic heterocycles. The first-order valence-corrected chi connectivity index (χ1v) is 15.3. The molecular formula is C31H38FN3O5S. The predicted octanol–water partition coefficient (Wildman–Crippen LogP) is 4.46. The lowest BCUT2D eigenvalue weighted by molar-refractivity contribution is -0.140. The van der Waals surface area contributed by atoms with E-state index in [9.17, 15) is 22.4 Å². The van der Waals surface area contributed by atoms with E-state index >= 15 is 0 Å². The first kappa shape index (κ1) is 31.6. The summed E-state index contributed by atoms with van der Waals surface area (Å²) < 4.78 is 47.3. The molecule has 3 aromatic carbocycles. The summed E-state index contributed by atoms with van der Waals surface area (Å²) in [5, 5.41) is 2.95. The molecule has 0 spiro atoms. The second kappa shape index (κ2) is 14.1. The van der Waals surface area contributed by atoms with Crippen LogP contribution in [0.1, 0.15) is 37.0 Å². The highest BCUT2D eigenvalue weighted by Gasteiger charge is 2.34. The van der Waals surface area contributed by atoms with Gasteiger partial charge < -0.3 is 15.0 Å². The van der Waals surface area contributed by atoms with Crippen LogP contribution in [0.4, 0.5) is 10.1 Å². The Morgan fingerprint density at radius 1 is 1.02 bits per heavy atom. The zero-order valence-electron chi connectivity index (χ0n) is 24.1. The summed E-state index contributed by atoms with van der Waals surface area (Å²) in [5.74, 6) is -1.34. The van der Waals surface area contributed by atoms with Crippen LogP contribution in [0, 0.1) is 12.7 Å². The van der Waals surface area contributed by atoms with Gasteiger partial charge in [-0.3, -0.25) is 13.9 Å². The van der Waals surface area contributed by atoms with E-state index in [0.29, 0.717) is 6.42 Å². The summed E-state index contributed by atoms with van der Waals surface area (Å²) in [6.07, 6.45) is 1.82. The number of benzene rings is 3. The van der Waals surface area contributed by atoms with Crippen LogP contribution in [0.3, 0.4) is 0 Å². The molecule has 8 nitrogen and oxygen atoms in total. The van der Waals surface area contributed by atoms with Gasteiger partial charge in [0.1, 0.15) is 24.2 Å². The molecule has 0 aliphatic heterocycles. The molecule has 3 aromatic rings. The highest BCUT2D eigenvalue weighted by molar-refractivity contribution is 7.92. The number of ether oxygens (including phenoxy) is 1. The Kier molecular flexibility index (Phi) is 10.9. The van der Waals surface area contributed by atoms with Gasteiger partial charge in [-0.1, -0.05) is 61.5 Å². The molecule has 0 saturated heterocycles. The molecule has 2 atom stereocenters. The Morgan fingerprint density at radius 2 is 1.68 bits per heavy atom. The topological polar surface area (TPSA) is 96.0 Å². The Labute approximate surface area is 242 Å². The van der Waals surface area contributed by atoms with E-state index in [1.54, 1.807) is 37.3 Å². The quantitative estimate of drug-likeness (QED) is 0.321.